The smallest absolute Gasteiger partial charge is 0.410 e. The Bertz CT molecular complexity index is 1350. The summed E-state index contributed by atoms with van der Waals surface area (Å²) < 4.78 is 42.6. The minimum atomic E-state index is -3.58. The summed E-state index contributed by atoms with van der Waals surface area (Å²) in [5, 5.41) is 3.29. The Kier molecular flexibility index (Phi) is 11.6. The molecule has 0 radical (unpaired) electrons. The first kappa shape index (κ1) is 31.3. The van der Waals surface area contributed by atoms with Crippen LogP contribution in [-0.4, -0.2) is 89.2 Å². The van der Waals surface area contributed by atoms with E-state index in [0.717, 1.165) is 16.9 Å². The first-order valence-electron chi connectivity index (χ1n) is 14.1. The highest BCUT2D eigenvalue weighted by Crippen LogP contribution is 2.18. The predicted octanol–water partition coefficient (Wildman–Crippen LogP) is 2.92. The Morgan fingerprint density at radius 3 is 2.21 bits per heavy atom. The van der Waals surface area contributed by atoms with E-state index in [2.05, 4.69) is 10.2 Å². The summed E-state index contributed by atoms with van der Waals surface area (Å²) >= 11 is 0. The zero-order valence-corrected chi connectivity index (χ0v) is 24.8. The van der Waals surface area contributed by atoms with Crippen LogP contribution in [0.3, 0.4) is 0 Å². The summed E-state index contributed by atoms with van der Waals surface area (Å²) in [7, 11) is -1.96. The number of ether oxygens (including phenoxy) is 3. The molecule has 11 heteroatoms. The fourth-order valence-electron chi connectivity index (χ4n) is 4.71. The van der Waals surface area contributed by atoms with Crippen LogP contribution < -0.4 is 20.5 Å². The van der Waals surface area contributed by atoms with Crippen molar-refractivity contribution in [1.82, 2.24) is 15.1 Å². The predicted molar refractivity (Wildman–Crippen MR) is 161 cm³/mol. The third-order valence-electron chi connectivity index (χ3n) is 7.09. The molecule has 0 aromatic heterocycles. The molecule has 4 rings (SSSR count). The Hall–Kier alpha value is -3.64. The number of hydrogen-bond acceptors (Lipinski definition) is 9. The number of nitrogens with one attached hydrogen (secondary N) is 1. The average molecular weight is 597 g/mol. The molecule has 1 aliphatic rings. The summed E-state index contributed by atoms with van der Waals surface area (Å²) in [5.74, 6) is 1.13. The Balaban J connectivity index is 1.34. The Morgan fingerprint density at radius 2 is 1.57 bits per heavy atom. The number of nitrogens with two attached hydrogens (primary N) is 1. The second kappa shape index (κ2) is 15.5. The molecule has 10 nitrogen and oxygen atoms in total. The molecule has 1 amide bonds. The summed E-state index contributed by atoms with van der Waals surface area (Å²) in [4.78, 5) is 16.8. The third kappa shape index (κ3) is 9.45. The van der Waals surface area contributed by atoms with Crippen molar-refractivity contribution in [2.75, 3.05) is 58.9 Å². The van der Waals surface area contributed by atoms with Crippen molar-refractivity contribution in [3.8, 4) is 11.5 Å². The van der Waals surface area contributed by atoms with Crippen molar-refractivity contribution in [3.05, 3.63) is 90.0 Å². The molecular weight excluding hydrogens is 556 g/mol. The van der Waals surface area contributed by atoms with Crippen molar-refractivity contribution in [2.24, 2.45) is 5.73 Å². The van der Waals surface area contributed by atoms with Gasteiger partial charge in [0.15, 0.2) is 9.84 Å². The maximum absolute atomic E-state index is 13.2. The van der Waals surface area contributed by atoms with Crippen LogP contribution in [0.5, 0.6) is 11.5 Å². The van der Waals surface area contributed by atoms with Crippen LogP contribution in [0.4, 0.5) is 4.79 Å². The van der Waals surface area contributed by atoms with Crippen LogP contribution in [0.25, 0.3) is 0 Å². The van der Waals surface area contributed by atoms with Gasteiger partial charge in [-0.2, -0.15) is 0 Å². The summed E-state index contributed by atoms with van der Waals surface area (Å²) in [6.07, 6.45) is 0.307. The van der Waals surface area contributed by atoms with E-state index < -0.39 is 9.84 Å². The van der Waals surface area contributed by atoms with E-state index >= 15 is 0 Å². The standard InChI is InChI=1S/C31H40N4O6S/c1-39-28-9-7-25(8-10-28)21-27(33-24-42(37,38)30-13-11-29(12-14-30)40-20-15-32)22-34-16-18-35(19-17-34)31(36)41-23-26-5-3-2-4-6-26/h2-14,27,33H,15-24,32H2,1H3/t27-/m0/s1. The van der Waals surface area contributed by atoms with Gasteiger partial charge in [-0.15, -0.1) is 0 Å². The highest BCUT2D eigenvalue weighted by molar-refractivity contribution is 7.91. The van der Waals surface area contributed by atoms with E-state index in [1.165, 1.54) is 0 Å². The molecule has 0 unspecified atom stereocenters. The van der Waals surface area contributed by atoms with Gasteiger partial charge < -0.3 is 24.8 Å². The summed E-state index contributed by atoms with van der Waals surface area (Å²) in [6.45, 7) is 4.03. The summed E-state index contributed by atoms with van der Waals surface area (Å²) in [5.41, 5.74) is 7.48. The maximum atomic E-state index is 13.2. The normalized spacial score (nSPS) is 14.8. The topological polar surface area (TPSA) is 123 Å². The molecule has 1 heterocycles. The van der Waals surface area contributed by atoms with E-state index in [1.54, 1.807) is 36.3 Å². The number of amides is 1. The number of sulfone groups is 1. The summed E-state index contributed by atoms with van der Waals surface area (Å²) in [6, 6.07) is 23.6. The molecule has 3 N–H and O–H groups in total. The maximum Gasteiger partial charge on any atom is 0.410 e. The quantitative estimate of drug-likeness (QED) is 0.289. The second-order valence-electron chi connectivity index (χ2n) is 10.1. The monoisotopic (exact) mass is 596 g/mol. The van der Waals surface area contributed by atoms with Gasteiger partial charge >= 0.3 is 6.09 Å². The van der Waals surface area contributed by atoms with Crippen molar-refractivity contribution < 1.29 is 27.4 Å². The van der Waals surface area contributed by atoms with Crippen molar-refractivity contribution in [1.29, 1.82) is 0 Å². The molecule has 1 aliphatic heterocycles. The minimum Gasteiger partial charge on any atom is -0.497 e. The van der Waals surface area contributed by atoms with E-state index in [0.29, 0.717) is 58.0 Å². The van der Waals surface area contributed by atoms with Crippen LogP contribution in [0.2, 0.25) is 0 Å². The number of nitrogens with zero attached hydrogens (tertiary/aromatic N) is 2. The van der Waals surface area contributed by atoms with Crippen LogP contribution in [0.15, 0.2) is 83.8 Å². The van der Waals surface area contributed by atoms with Gasteiger partial charge in [-0.05, 0) is 53.9 Å². The van der Waals surface area contributed by atoms with Crippen LogP contribution in [-0.2, 0) is 27.6 Å². The third-order valence-corrected chi connectivity index (χ3v) is 8.62. The van der Waals surface area contributed by atoms with E-state index in [1.807, 2.05) is 54.6 Å². The molecule has 0 bridgehead atoms. The second-order valence-corrected chi connectivity index (χ2v) is 12.1. The van der Waals surface area contributed by atoms with Crippen molar-refractivity contribution in [2.45, 2.75) is 24.0 Å². The molecule has 3 aromatic rings. The number of hydrogen-bond donors (Lipinski definition) is 2. The van der Waals surface area contributed by atoms with Gasteiger partial charge in [-0.25, -0.2) is 13.2 Å². The molecule has 0 spiro atoms. The zero-order valence-electron chi connectivity index (χ0n) is 24.0. The van der Waals surface area contributed by atoms with Gasteiger partial charge in [0.1, 0.15) is 30.6 Å². The minimum absolute atomic E-state index is 0.142. The SMILES string of the molecule is COc1ccc(C[C@@H](CN2CCN(C(=O)OCc3ccccc3)CC2)NCS(=O)(=O)c2ccc(OCCN)cc2)cc1. The molecule has 1 atom stereocenters. The van der Waals surface area contributed by atoms with Crippen molar-refractivity contribution in [3.63, 3.8) is 0 Å². The lowest BCUT2D eigenvalue weighted by Crippen LogP contribution is -2.53. The molecule has 42 heavy (non-hydrogen) atoms. The lowest BCUT2D eigenvalue weighted by molar-refractivity contribution is 0.0695. The largest absolute Gasteiger partial charge is 0.497 e. The lowest BCUT2D eigenvalue weighted by Gasteiger charge is -2.36. The fourth-order valence-corrected chi connectivity index (χ4v) is 5.89. The molecule has 3 aromatic carbocycles. The fraction of sp³-hybridized carbons (Fsp3) is 0.387. The highest BCUT2D eigenvalue weighted by Gasteiger charge is 2.25. The number of carbonyl (C=O) groups excluding carboxylic acids is 1. The Labute approximate surface area is 248 Å². The number of methoxy groups -OCH3 is 1. The van der Waals surface area contributed by atoms with E-state index in [-0.39, 0.29) is 29.5 Å². The lowest BCUT2D eigenvalue weighted by atomic mass is 10.0. The van der Waals surface area contributed by atoms with Crippen LogP contribution in [0.1, 0.15) is 11.1 Å². The van der Waals surface area contributed by atoms with E-state index in [4.69, 9.17) is 19.9 Å². The van der Waals surface area contributed by atoms with Gasteiger partial charge in [0.2, 0.25) is 0 Å². The molecule has 0 aliphatic carbocycles. The number of carbonyl (C=O) groups is 1. The van der Waals surface area contributed by atoms with Crippen molar-refractivity contribution >= 4 is 15.9 Å². The first-order chi connectivity index (χ1) is 20.4. The van der Waals surface area contributed by atoms with Gasteiger partial charge in [0.05, 0.1) is 12.0 Å². The highest BCUT2D eigenvalue weighted by atomic mass is 32.2. The zero-order chi connectivity index (χ0) is 29.8. The molecular formula is C31H40N4O6S. The van der Waals surface area contributed by atoms with Gasteiger partial charge in [-0.3, -0.25) is 10.2 Å². The first-order valence-corrected chi connectivity index (χ1v) is 15.7. The number of rotatable bonds is 14. The van der Waals surface area contributed by atoms with E-state index in [9.17, 15) is 13.2 Å². The van der Waals surface area contributed by atoms with Gasteiger partial charge in [-0.1, -0.05) is 42.5 Å². The van der Waals surface area contributed by atoms with Gasteiger partial charge in [0.25, 0.3) is 0 Å². The number of benzene rings is 3. The molecule has 226 valence electrons. The molecule has 1 saturated heterocycles. The van der Waals surface area contributed by atoms with Gasteiger partial charge in [0, 0.05) is 45.3 Å². The Morgan fingerprint density at radius 1 is 0.905 bits per heavy atom. The van der Waals surface area contributed by atoms with Crippen LogP contribution >= 0.6 is 0 Å². The molecule has 1 fully saturated rings. The average Bonchev–Trinajstić information content (AvgIpc) is 3.03. The molecule has 0 saturated carbocycles. The van der Waals surface area contributed by atoms with Crippen LogP contribution in [0, 0.1) is 0 Å². The number of piperazine rings is 1.